The fraction of sp³-hybridized carbons (Fsp3) is 0.333. The zero-order valence-electron chi connectivity index (χ0n) is 12.4. The van der Waals surface area contributed by atoms with Crippen LogP contribution in [0.15, 0.2) is 46.9 Å². The first-order valence-electron chi connectivity index (χ1n) is 7.15. The Kier molecular flexibility index (Phi) is 5.38. The van der Waals surface area contributed by atoms with Gasteiger partial charge in [-0.05, 0) is 49.6 Å². The SMILES string of the molecule is CCNC(Cc1cccc(C)c1)c1ccc(Br)c(C)c1. The Hall–Kier alpha value is -1.12. The van der Waals surface area contributed by atoms with E-state index in [1.165, 1.54) is 26.7 Å². The van der Waals surface area contributed by atoms with Crippen molar-refractivity contribution in [2.24, 2.45) is 0 Å². The first-order chi connectivity index (χ1) is 9.60. The summed E-state index contributed by atoms with van der Waals surface area (Å²) >= 11 is 3.57. The molecule has 0 saturated heterocycles. The van der Waals surface area contributed by atoms with Crippen LogP contribution >= 0.6 is 15.9 Å². The Morgan fingerprint density at radius 1 is 1.10 bits per heavy atom. The van der Waals surface area contributed by atoms with Gasteiger partial charge in [0.1, 0.15) is 0 Å². The Balaban J connectivity index is 2.24. The summed E-state index contributed by atoms with van der Waals surface area (Å²) in [5.74, 6) is 0. The van der Waals surface area contributed by atoms with E-state index in [2.05, 4.69) is 84.5 Å². The lowest BCUT2D eigenvalue weighted by Gasteiger charge is -2.19. The maximum Gasteiger partial charge on any atom is 0.0360 e. The summed E-state index contributed by atoms with van der Waals surface area (Å²) in [6, 6.07) is 15.8. The van der Waals surface area contributed by atoms with Crippen LogP contribution in [0.25, 0.3) is 0 Å². The number of rotatable bonds is 5. The second-order valence-corrected chi connectivity index (χ2v) is 6.17. The summed E-state index contributed by atoms with van der Waals surface area (Å²) in [4.78, 5) is 0. The zero-order valence-corrected chi connectivity index (χ0v) is 14.0. The number of halogens is 1. The lowest BCUT2D eigenvalue weighted by Crippen LogP contribution is -2.23. The van der Waals surface area contributed by atoms with Crippen molar-refractivity contribution in [3.05, 3.63) is 69.2 Å². The van der Waals surface area contributed by atoms with Gasteiger partial charge in [0.15, 0.2) is 0 Å². The summed E-state index contributed by atoms with van der Waals surface area (Å²) in [5.41, 5.74) is 5.35. The number of hydrogen-bond donors (Lipinski definition) is 1. The Labute approximate surface area is 130 Å². The van der Waals surface area contributed by atoms with Crippen LogP contribution in [0.3, 0.4) is 0 Å². The van der Waals surface area contributed by atoms with Crippen molar-refractivity contribution < 1.29 is 0 Å². The van der Waals surface area contributed by atoms with Gasteiger partial charge in [0.2, 0.25) is 0 Å². The maximum atomic E-state index is 3.60. The molecule has 0 aliphatic heterocycles. The summed E-state index contributed by atoms with van der Waals surface area (Å²) in [6.45, 7) is 7.43. The molecular weight excluding hydrogens is 310 g/mol. The molecular formula is C18H22BrN. The van der Waals surface area contributed by atoms with E-state index in [0.29, 0.717) is 6.04 Å². The van der Waals surface area contributed by atoms with E-state index in [0.717, 1.165) is 13.0 Å². The highest BCUT2D eigenvalue weighted by molar-refractivity contribution is 9.10. The monoisotopic (exact) mass is 331 g/mol. The van der Waals surface area contributed by atoms with E-state index < -0.39 is 0 Å². The lowest BCUT2D eigenvalue weighted by molar-refractivity contribution is 0.549. The van der Waals surface area contributed by atoms with Crippen LogP contribution in [0.4, 0.5) is 0 Å². The average Bonchev–Trinajstić information content (AvgIpc) is 2.41. The molecule has 106 valence electrons. The molecule has 0 aliphatic rings. The van der Waals surface area contributed by atoms with E-state index in [1.807, 2.05) is 0 Å². The lowest BCUT2D eigenvalue weighted by atomic mass is 9.97. The molecule has 1 nitrogen and oxygen atoms in total. The number of likely N-dealkylation sites (N-methyl/N-ethyl adjacent to an activating group) is 1. The van der Waals surface area contributed by atoms with Crippen LogP contribution in [0, 0.1) is 13.8 Å². The number of benzene rings is 2. The van der Waals surface area contributed by atoms with Gasteiger partial charge in [-0.3, -0.25) is 0 Å². The molecule has 0 amide bonds. The van der Waals surface area contributed by atoms with Crippen LogP contribution in [-0.4, -0.2) is 6.54 Å². The van der Waals surface area contributed by atoms with E-state index in [-0.39, 0.29) is 0 Å². The molecule has 2 aromatic carbocycles. The highest BCUT2D eigenvalue weighted by Gasteiger charge is 2.12. The maximum absolute atomic E-state index is 3.60. The molecule has 0 fully saturated rings. The average molecular weight is 332 g/mol. The van der Waals surface area contributed by atoms with Crippen LogP contribution in [0.5, 0.6) is 0 Å². The largest absolute Gasteiger partial charge is 0.310 e. The van der Waals surface area contributed by atoms with Crippen LogP contribution in [-0.2, 0) is 6.42 Å². The fourth-order valence-corrected chi connectivity index (χ4v) is 2.76. The number of hydrogen-bond acceptors (Lipinski definition) is 1. The minimum Gasteiger partial charge on any atom is -0.310 e. The van der Waals surface area contributed by atoms with Crippen molar-refractivity contribution in [1.82, 2.24) is 5.32 Å². The molecule has 0 aliphatic carbocycles. The van der Waals surface area contributed by atoms with Gasteiger partial charge in [-0.15, -0.1) is 0 Å². The smallest absolute Gasteiger partial charge is 0.0360 e. The molecule has 20 heavy (non-hydrogen) atoms. The molecule has 2 heteroatoms. The van der Waals surface area contributed by atoms with Gasteiger partial charge in [0.05, 0.1) is 0 Å². The summed E-state index contributed by atoms with van der Waals surface area (Å²) in [6.07, 6.45) is 1.02. The third kappa shape index (κ3) is 3.94. The molecule has 2 aromatic rings. The van der Waals surface area contributed by atoms with Crippen LogP contribution < -0.4 is 5.32 Å². The Morgan fingerprint density at radius 3 is 2.55 bits per heavy atom. The van der Waals surface area contributed by atoms with Gasteiger partial charge in [-0.1, -0.05) is 64.8 Å². The highest BCUT2D eigenvalue weighted by atomic mass is 79.9. The van der Waals surface area contributed by atoms with Gasteiger partial charge in [-0.25, -0.2) is 0 Å². The molecule has 0 bridgehead atoms. The molecule has 0 aromatic heterocycles. The minimum atomic E-state index is 0.369. The Morgan fingerprint density at radius 2 is 1.90 bits per heavy atom. The molecule has 2 rings (SSSR count). The van der Waals surface area contributed by atoms with Gasteiger partial charge in [0.25, 0.3) is 0 Å². The third-order valence-corrected chi connectivity index (χ3v) is 4.45. The molecule has 1 unspecified atom stereocenters. The molecule has 0 radical (unpaired) electrons. The second kappa shape index (κ2) is 7.05. The fourth-order valence-electron chi connectivity index (χ4n) is 2.51. The van der Waals surface area contributed by atoms with Gasteiger partial charge in [-0.2, -0.15) is 0 Å². The summed E-state index contributed by atoms with van der Waals surface area (Å²) in [7, 11) is 0. The van der Waals surface area contributed by atoms with E-state index in [9.17, 15) is 0 Å². The Bertz CT molecular complexity index is 577. The second-order valence-electron chi connectivity index (χ2n) is 5.31. The van der Waals surface area contributed by atoms with Crippen molar-refractivity contribution in [3.8, 4) is 0 Å². The quantitative estimate of drug-likeness (QED) is 0.816. The van der Waals surface area contributed by atoms with Gasteiger partial charge >= 0.3 is 0 Å². The van der Waals surface area contributed by atoms with Crippen molar-refractivity contribution in [2.75, 3.05) is 6.54 Å². The van der Waals surface area contributed by atoms with Gasteiger partial charge in [0, 0.05) is 10.5 Å². The third-order valence-electron chi connectivity index (χ3n) is 3.56. The van der Waals surface area contributed by atoms with Crippen molar-refractivity contribution in [1.29, 1.82) is 0 Å². The van der Waals surface area contributed by atoms with E-state index >= 15 is 0 Å². The van der Waals surface area contributed by atoms with Crippen molar-refractivity contribution in [2.45, 2.75) is 33.2 Å². The van der Waals surface area contributed by atoms with Crippen LogP contribution in [0.2, 0.25) is 0 Å². The van der Waals surface area contributed by atoms with Crippen LogP contribution in [0.1, 0.15) is 35.2 Å². The first-order valence-corrected chi connectivity index (χ1v) is 7.94. The molecule has 0 spiro atoms. The predicted molar refractivity (Wildman–Crippen MR) is 90.2 cm³/mol. The van der Waals surface area contributed by atoms with E-state index in [1.54, 1.807) is 0 Å². The summed E-state index contributed by atoms with van der Waals surface area (Å²) in [5, 5.41) is 3.60. The molecule has 1 N–H and O–H groups in total. The van der Waals surface area contributed by atoms with Crippen molar-refractivity contribution in [3.63, 3.8) is 0 Å². The normalized spacial score (nSPS) is 12.4. The molecule has 0 heterocycles. The van der Waals surface area contributed by atoms with Gasteiger partial charge < -0.3 is 5.32 Å². The zero-order chi connectivity index (χ0) is 14.5. The standard InChI is InChI=1S/C18H22BrN/c1-4-20-18(12-15-7-5-6-13(2)10-15)16-8-9-17(19)14(3)11-16/h5-11,18,20H,4,12H2,1-3H3. The highest BCUT2D eigenvalue weighted by Crippen LogP contribution is 2.24. The molecule has 0 saturated carbocycles. The number of nitrogens with one attached hydrogen (secondary N) is 1. The van der Waals surface area contributed by atoms with E-state index in [4.69, 9.17) is 0 Å². The topological polar surface area (TPSA) is 12.0 Å². The summed E-state index contributed by atoms with van der Waals surface area (Å²) < 4.78 is 1.17. The van der Waals surface area contributed by atoms with Crippen molar-refractivity contribution >= 4 is 15.9 Å². The molecule has 1 atom stereocenters. The minimum absolute atomic E-state index is 0.369. The first kappa shape index (κ1) is 15.3. The predicted octanol–water partition coefficient (Wildman–Crippen LogP) is 4.96. The number of aryl methyl sites for hydroxylation is 2.